The zero-order valence-corrected chi connectivity index (χ0v) is 33.4. The van der Waals surface area contributed by atoms with Crippen LogP contribution in [0, 0.1) is 46.3 Å². The Kier molecular flexibility index (Phi) is 22.9. The minimum absolute atomic E-state index is 0.0296. The van der Waals surface area contributed by atoms with Crippen molar-refractivity contribution in [3.8, 4) is 24.7 Å². The summed E-state index contributed by atoms with van der Waals surface area (Å²) in [5.41, 5.74) is 2.20. The fourth-order valence-electron chi connectivity index (χ4n) is 3.55. The number of pyridine rings is 1. The second-order valence-electron chi connectivity index (χ2n) is 16.3. The van der Waals surface area contributed by atoms with Gasteiger partial charge in [0.15, 0.2) is 11.6 Å². The molecule has 0 N–H and O–H groups in total. The van der Waals surface area contributed by atoms with Crippen LogP contribution in [-0.4, -0.2) is 28.1 Å². The summed E-state index contributed by atoms with van der Waals surface area (Å²) in [5, 5.41) is 1.10. The first kappa shape index (κ1) is 47.1. The molecule has 0 bridgehead atoms. The van der Waals surface area contributed by atoms with Gasteiger partial charge < -0.3 is 0 Å². The minimum Gasteiger partial charge on any atom is -0.299 e. The van der Waals surface area contributed by atoms with E-state index in [9.17, 15) is 14.4 Å². The van der Waals surface area contributed by atoms with E-state index >= 15 is 0 Å². The third-order valence-electron chi connectivity index (χ3n) is 5.74. The summed E-state index contributed by atoms with van der Waals surface area (Å²) >= 11 is 0. The molecule has 1 aromatic heterocycles. The standard InChI is InChI=1S/C14H16O.C11H17NS2.C9H14O.C8H14O/c1-5-11-6-8-12(9-7-11)13(15)10-14(2,3)4;1-11(2,3)7-9-13-14-10-6-4-5-8-12-10;1-5-6-8(10)7-9(2,3)4;1-5-7(9)6-8(2,3)4/h1,6-9H,10H2,2-4H3;4-6,8H,7,9H2,1-3H3;1H,6-7H2,2-4H3;5H,1,6H2,2-4H3. The minimum atomic E-state index is 0.0296. The normalized spacial score (nSPS) is 11.0. The van der Waals surface area contributed by atoms with Crippen LogP contribution in [0.5, 0.6) is 0 Å². The molecule has 0 atom stereocenters. The highest BCUT2D eigenvalue weighted by Gasteiger charge is 2.17. The van der Waals surface area contributed by atoms with Gasteiger partial charge in [-0.15, -0.1) is 12.8 Å². The molecule has 2 rings (SSSR count). The van der Waals surface area contributed by atoms with Gasteiger partial charge in [0.05, 0.1) is 6.42 Å². The summed E-state index contributed by atoms with van der Waals surface area (Å²) in [5.74, 6) is 6.52. The molecule has 2 aromatic rings. The lowest BCUT2D eigenvalue weighted by Crippen LogP contribution is -2.12. The largest absolute Gasteiger partial charge is 0.299 e. The van der Waals surface area contributed by atoms with Gasteiger partial charge in [-0.25, -0.2) is 4.98 Å². The zero-order chi connectivity index (χ0) is 37.6. The quantitative estimate of drug-likeness (QED) is 0.0812. The van der Waals surface area contributed by atoms with E-state index in [-0.39, 0.29) is 40.0 Å². The van der Waals surface area contributed by atoms with Gasteiger partial charge in [0.25, 0.3) is 0 Å². The van der Waals surface area contributed by atoms with Crippen molar-refractivity contribution in [1.82, 2.24) is 4.98 Å². The van der Waals surface area contributed by atoms with Gasteiger partial charge in [-0.05, 0) is 69.2 Å². The van der Waals surface area contributed by atoms with Gasteiger partial charge in [-0.1, -0.05) is 130 Å². The van der Waals surface area contributed by atoms with Crippen molar-refractivity contribution in [2.75, 3.05) is 5.75 Å². The Morgan fingerprint density at radius 2 is 1.31 bits per heavy atom. The molecule has 0 unspecified atom stereocenters. The maximum absolute atomic E-state index is 11.8. The van der Waals surface area contributed by atoms with E-state index in [2.05, 4.69) is 71.0 Å². The second kappa shape index (κ2) is 23.3. The molecule has 1 aromatic carbocycles. The van der Waals surface area contributed by atoms with E-state index < -0.39 is 0 Å². The number of hydrogen-bond acceptors (Lipinski definition) is 6. The number of rotatable bonds is 10. The summed E-state index contributed by atoms with van der Waals surface area (Å²) in [6.45, 7) is 28.6. The summed E-state index contributed by atoms with van der Waals surface area (Å²) in [6.07, 6.45) is 16.7. The zero-order valence-electron chi connectivity index (χ0n) is 31.8. The van der Waals surface area contributed by atoms with Crippen molar-refractivity contribution >= 4 is 38.9 Å². The molecule has 1 heterocycles. The highest BCUT2D eigenvalue weighted by Crippen LogP contribution is 2.32. The SMILES string of the molecule is C#CCC(=O)CC(C)(C)C.C#Cc1ccc(C(=O)CC(C)(C)C)cc1.C=CC(=O)CC(C)(C)C.CC(C)(C)CCSSc1ccccn1. The molecule has 4 nitrogen and oxygen atoms in total. The second-order valence-corrected chi connectivity index (χ2v) is 18.8. The molecule has 0 fully saturated rings. The fraction of sp³-hybridized carbons (Fsp3) is 0.524. The molecule has 6 heteroatoms. The number of hydrogen-bond donors (Lipinski definition) is 0. The van der Waals surface area contributed by atoms with Gasteiger partial charge >= 0.3 is 0 Å². The Bertz CT molecular complexity index is 1320. The molecule has 0 radical (unpaired) electrons. The molecule has 0 saturated carbocycles. The van der Waals surface area contributed by atoms with Crippen LogP contribution in [0.4, 0.5) is 0 Å². The number of allylic oxidation sites excluding steroid dienone is 1. The van der Waals surface area contributed by atoms with Crippen LogP contribution in [-0.2, 0) is 9.59 Å². The predicted octanol–water partition coefficient (Wildman–Crippen LogP) is 11.7. The summed E-state index contributed by atoms with van der Waals surface area (Å²) in [6, 6.07) is 13.2. The number of ketones is 3. The van der Waals surface area contributed by atoms with Crippen LogP contribution in [0.25, 0.3) is 0 Å². The van der Waals surface area contributed by atoms with E-state index in [0.717, 1.165) is 16.2 Å². The molecular weight excluding hydrogens is 631 g/mol. The molecule has 0 spiro atoms. The predicted molar refractivity (Wildman–Crippen MR) is 211 cm³/mol. The highest BCUT2D eigenvalue weighted by molar-refractivity contribution is 8.76. The lowest BCUT2D eigenvalue weighted by atomic mass is 9.88. The van der Waals surface area contributed by atoms with Crippen LogP contribution in [0.3, 0.4) is 0 Å². The van der Waals surface area contributed by atoms with E-state index in [1.165, 1.54) is 18.2 Å². The van der Waals surface area contributed by atoms with Crippen molar-refractivity contribution in [1.29, 1.82) is 0 Å². The molecule has 264 valence electrons. The highest BCUT2D eigenvalue weighted by atomic mass is 33.1. The number of nitrogens with zero attached hydrogens (tertiary/aromatic N) is 1. The first-order chi connectivity index (χ1) is 21.9. The number of benzene rings is 1. The Hall–Kier alpha value is -3.06. The van der Waals surface area contributed by atoms with Gasteiger partial charge in [0.2, 0.25) is 0 Å². The lowest BCUT2D eigenvalue weighted by Gasteiger charge is -2.16. The van der Waals surface area contributed by atoms with Gasteiger partial charge in [0.1, 0.15) is 10.8 Å². The van der Waals surface area contributed by atoms with E-state index in [0.29, 0.717) is 24.7 Å². The molecule has 0 aliphatic heterocycles. The Balaban J connectivity index is 0. The van der Waals surface area contributed by atoms with E-state index in [1.807, 2.05) is 70.7 Å². The number of carbonyl (C=O) groups excluding carboxylic acids is 3. The monoisotopic (exact) mass is 691 g/mol. The Morgan fingerprint density at radius 1 is 0.771 bits per heavy atom. The smallest absolute Gasteiger partial charge is 0.163 e. The molecule has 48 heavy (non-hydrogen) atoms. The fourth-order valence-corrected chi connectivity index (χ4v) is 5.84. The van der Waals surface area contributed by atoms with E-state index in [4.69, 9.17) is 12.8 Å². The van der Waals surface area contributed by atoms with Gasteiger partial charge in [-0.3, -0.25) is 14.4 Å². The lowest BCUT2D eigenvalue weighted by molar-refractivity contribution is -0.119. The van der Waals surface area contributed by atoms with Crippen LogP contribution >= 0.6 is 21.6 Å². The van der Waals surface area contributed by atoms with Crippen molar-refractivity contribution < 1.29 is 14.4 Å². The third-order valence-corrected chi connectivity index (χ3v) is 8.01. The summed E-state index contributed by atoms with van der Waals surface area (Å²) < 4.78 is 0. The maximum Gasteiger partial charge on any atom is 0.163 e. The van der Waals surface area contributed by atoms with Crippen LogP contribution in [0.1, 0.15) is 131 Å². The first-order valence-corrected chi connectivity index (χ1v) is 18.6. The number of Topliss-reactive ketones (excluding diaryl/α,β-unsaturated/α-hetero) is 2. The molecule has 0 amide bonds. The first-order valence-electron chi connectivity index (χ1n) is 16.3. The number of terminal acetylenes is 2. The number of aromatic nitrogens is 1. The topological polar surface area (TPSA) is 64.1 Å². The van der Waals surface area contributed by atoms with Crippen molar-refractivity contribution in [3.05, 3.63) is 72.4 Å². The van der Waals surface area contributed by atoms with Crippen LogP contribution < -0.4 is 0 Å². The Morgan fingerprint density at radius 3 is 1.69 bits per heavy atom. The van der Waals surface area contributed by atoms with Crippen molar-refractivity contribution in [2.24, 2.45) is 21.7 Å². The Labute approximate surface area is 301 Å². The summed E-state index contributed by atoms with van der Waals surface area (Å²) in [4.78, 5) is 37.7. The van der Waals surface area contributed by atoms with Crippen LogP contribution in [0.15, 0.2) is 66.3 Å². The third kappa shape index (κ3) is 31.5. The maximum atomic E-state index is 11.8. The molecular formula is C42H61NO3S2. The molecule has 0 aliphatic carbocycles. The van der Waals surface area contributed by atoms with Crippen molar-refractivity contribution in [3.63, 3.8) is 0 Å². The average Bonchev–Trinajstić information content (AvgIpc) is 2.94. The van der Waals surface area contributed by atoms with Crippen LogP contribution in [0.2, 0.25) is 0 Å². The number of carbonyl (C=O) groups is 3. The van der Waals surface area contributed by atoms with E-state index in [1.54, 1.807) is 35.1 Å². The van der Waals surface area contributed by atoms with Crippen molar-refractivity contribution in [2.45, 2.75) is 120 Å². The molecule has 0 saturated heterocycles. The van der Waals surface area contributed by atoms with Gasteiger partial charge in [-0.2, -0.15) is 0 Å². The summed E-state index contributed by atoms with van der Waals surface area (Å²) in [7, 11) is 3.65. The van der Waals surface area contributed by atoms with Gasteiger partial charge in [0, 0.05) is 42.3 Å². The molecule has 0 aliphatic rings. The average molecular weight is 692 g/mol.